The quantitative estimate of drug-likeness (QED) is 0.740. The van der Waals surface area contributed by atoms with Gasteiger partial charge < -0.3 is 9.64 Å². The molecule has 0 unspecified atom stereocenters. The number of rotatable bonds is 1. The molecule has 1 aromatic carbocycles. The molecule has 124 valence electrons. The van der Waals surface area contributed by atoms with Gasteiger partial charge in [-0.2, -0.15) is 0 Å². The fourth-order valence-corrected chi connectivity index (χ4v) is 2.33. The zero-order valence-electron chi connectivity index (χ0n) is 13.8. The molecular weight excluding hydrogens is 297 g/mol. The van der Waals surface area contributed by atoms with Crippen LogP contribution in [0.3, 0.4) is 0 Å². The molecule has 0 bridgehead atoms. The first-order valence-corrected chi connectivity index (χ1v) is 7.72. The summed E-state index contributed by atoms with van der Waals surface area (Å²) in [5.41, 5.74) is 0.703. The lowest BCUT2D eigenvalue weighted by Gasteiger charge is -2.26. The van der Waals surface area contributed by atoms with E-state index < -0.39 is 11.7 Å². The second kappa shape index (κ2) is 6.94. The summed E-state index contributed by atoms with van der Waals surface area (Å²) in [6, 6.07) is 5.91. The molecule has 2 rings (SSSR count). The average Bonchev–Trinajstić information content (AvgIpc) is 2.62. The van der Waals surface area contributed by atoms with Crippen LogP contribution in [0.4, 0.5) is 9.18 Å². The van der Waals surface area contributed by atoms with E-state index in [9.17, 15) is 14.0 Å². The standard InChI is InChI=1S/C18H22FNO3/c1-18(2,3)23-17(22)20-10-4-5-16(21)14(12-20)11-13-6-8-15(19)9-7-13/h6-9,11H,4-5,10,12H2,1-3H3. The summed E-state index contributed by atoms with van der Waals surface area (Å²) in [5, 5.41) is 0. The first-order chi connectivity index (χ1) is 10.7. The van der Waals surface area contributed by atoms with Crippen LogP contribution in [0.15, 0.2) is 29.8 Å². The van der Waals surface area contributed by atoms with Crippen LogP contribution < -0.4 is 0 Å². The Morgan fingerprint density at radius 1 is 1.26 bits per heavy atom. The van der Waals surface area contributed by atoms with Crippen molar-refractivity contribution in [2.75, 3.05) is 13.1 Å². The van der Waals surface area contributed by atoms with Crippen LogP contribution in [0.2, 0.25) is 0 Å². The van der Waals surface area contributed by atoms with Crippen LogP contribution in [-0.2, 0) is 9.53 Å². The Labute approximate surface area is 135 Å². The molecule has 0 N–H and O–H groups in total. The number of likely N-dealkylation sites (tertiary alicyclic amines) is 1. The van der Waals surface area contributed by atoms with E-state index in [-0.39, 0.29) is 18.1 Å². The SMILES string of the molecule is CC(C)(C)OC(=O)N1CCCC(=O)C(=Cc2ccc(F)cc2)C1. The second-order valence-corrected chi connectivity index (χ2v) is 6.65. The molecule has 23 heavy (non-hydrogen) atoms. The lowest BCUT2D eigenvalue weighted by molar-refractivity contribution is -0.115. The van der Waals surface area contributed by atoms with Gasteiger partial charge >= 0.3 is 6.09 Å². The van der Waals surface area contributed by atoms with Crippen molar-refractivity contribution < 1.29 is 18.7 Å². The molecule has 0 atom stereocenters. The van der Waals surface area contributed by atoms with Gasteiger partial charge in [0.25, 0.3) is 0 Å². The zero-order valence-corrected chi connectivity index (χ0v) is 13.8. The van der Waals surface area contributed by atoms with Gasteiger partial charge in [-0.3, -0.25) is 4.79 Å². The highest BCUT2D eigenvalue weighted by atomic mass is 19.1. The van der Waals surface area contributed by atoms with Crippen LogP contribution in [-0.4, -0.2) is 35.5 Å². The van der Waals surface area contributed by atoms with Crippen molar-refractivity contribution in [2.24, 2.45) is 0 Å². The topological polar surface area (TPSA) is 46.6 Å². The predicted octanol–water partition coefficient (Wildman–Crippen LogP) is 3.81. The van der Waals surface area contributed by atoms with Crippen molar-refractivity contribution in [1.82, 2.24) is 4.90 Å². The van der Waals surface area contributed by atoms with Crippen LogP contribution >= 0.6 is 0 Å². The molecule has 0 aromatic heterocycles. The van der Waals surface area contributed by atoms with Crippen molar-refractivity contribution in [3.63, 3.8) is 0 Å². The van der Waals surface area contributed by atoms with E-state index in [0.29, 0.717) is 25.0 Å². The minimum Gasteiger partial charge on any atom is -0.444 e. The number of benzene rings is 1. The van der Waals surface area contributed by atoms with E-state index in [1.807, 2.05) is 20.8 Å². The van der Waals surface area contributed by atoms with E-state index in [1.165, 1.54) is 12.1 Å². The van der Waals surface area contributed by atoms with Gasteiger partial charge in [-0.1, -0.05) is 12.1 Å². The minimum atomic E-state index is -0.575. The number of hydrogen-bond acceptors (Lipinski definition) is 3. The number of carbonyl (C=O) groups excluding carboxylic acids is 2. The van der Waals surface area contributed by atoms with E-state index in [1.54, 1.807) is 23.1 Å². The number of amides is 1. The zero-order chi connectivity index (χ0) is 17.0. The number of hydrogen-bond donors (Lipinski definition) is 0. The molecule has 1 amide bonds. The van der Waals surface area contributed by atoms with Crippen molar-refractivity contribution in [3.8, 4) is 0 Å². The Morgan fingerprint density at radius 2 is 1.91 bits per heavy atom. The number of halogens is 1. The maximum atomic E-state index is 13.0. The Kier molecular flexibility index (Phi) is 5.19. The molecule has 1 saturated heterocycles. The van der Waals surface area contributed by atoms with Gasteiger partial charge in [-0.15, -0.1) is 0 Å². The van der Waals surface area contributed by atoms with Crippen molar-refractivity contribution in [1.29, 1.82) is 0 Å². The Balaban J connectivity index is 2.19. The highest BCUT2D eigenvalue weighted by Gasteiger charge is 2.26. The number of Topliss-reactive ketones (excluding diaryl/α,β-unsaturated/α-hetero) is 1. The van der Waals surface area contributed by atoms with Gasteiger partial charge in [0.05, 0.1) is 6.54 Å². The molecule has 5 heteroatoms. The average molecular weight is 319 g/mol. The van der Waals surface area contributed by atoms with Gasteiger partial charge in [-0.05, 0) is 51.0 Å². The van der Waals surface area contributed by atoms with Gasteiger partial charge in [0.1, 0.15) is 11.4 Å². The smallest absolute Gasteiger partial charge is 0.410 e. The molecule has 4 nitrogen and oxygen atoms in total. The first kappa shape index (κ1) is 17.2. The number of carbonyl (C=O) groups is 2. The van der Waals surface area contributed by atoms with Crippen molar-refractivity contribution in [2.45, 2.75) is 39.2 Å². The predicted molar refractivity (Wildman–Crippen MR) is 86.4 cm³/mol. The summed E-state index contributed by atoms with van der Waals surface area (Å²) in [7, 11) is 0. The maximum absolute atomic E-state index is 13.0. The third-order valence-electron chi connectivity index (χ3n) is 3.41. The molecule has 0 spiro atoms. The van der Waals surface area contributed by atoms with Crippen LogP contribution in [0.1, 0.15) is 39.2 Å². The minimum absolute atomic E-state index is 0.0142. The van der Waals surface area contributed by atoms with Gasteiger partial charge in [0.15, 0.2) is 5.78 Å². The van der Waals surface area contributed by atoms with E-state index >= 15 is 0 Å². The number of nitrogens with zero attached hydrogens (tertiary/aromatic N) is 1. The highest BCUT2D eigenvalue weighted by molar-refractivity contribution is 6.00. The number of ketones is 1. The summed E-state index contributed by atoms with van der Waals surface area (Å²) in [6.07, 6.45) is 2.30. The molecule has 0 radical (unpaired) electrons. The van der Waals surface area contributed by atoms with Crippen molar-refractivity contribution in [3.05, 3.63) is 41.2 Å². The fourth-order valence-electron chi connectivity index (χ4n) is 2.33. The molecule has 0 saturated carbocycles. The summed E-state index contributed by atoms with van der Waals surface area (Å²) in [6.45, 7) is 6.13. The molecule has 1 aliphatic rings. The molecule has 1 aliphatic heterocycles. The Bertz CT molecular complexity index is 614. The second-order valence-electron chi connectivity index (χ2n) is 6.65. The van der Waals surface area contributed by atoms with E-state index in [2.05, 4.69) is 0 Å². The molecular formula is C18H22FNO3. The Morgan fingerprint density at radius 3 is 2.52 bits per heavy atom. The van der Waals surface area contributed by atoms with Gasteiger partial charge in [0, 0.05) is 18.5 Å². The number of ether oxygens (including phenoxy) is 1. The third kappa shape index (κ3) is 5.20. The summed E-state index contributed by atoms with van der Waals surface area (Å²) < 4.78 is 18.4. The molecule has 1 fully saturated rings. The lowest BCUT2D eigenvalue weighted by Crippen LogP contribution is -2.38. The van der Waals surface area contributed by atoms with E-state index in [0.717, 1.165) is 5.56 Å². The first-order valence-electron chi connectivity index (χ1n) is 7.72. The van der Waals surface area contributed by atoms with Crippen LogP contribution in [0.5, 0.6) is 0 Å². The summed E-state index contributed by atoms with van der Waals surface area (Å²) >= 11 is 0. The Hall–Kier alpha value is -2.17. The molecule has 1 heterocycles. The van der Waals surface area contributed by atoms with Crippen molar-refractivity contribution >= 4 is 18.0 Å². The molecule has 0 aliphatic carbocycles. The van der Waals surface area contributed by atoms with Crippen LogP contribution in [0.25, 0.3) is 6.08 Å². The summed E-state index contributed by atoms with van der Waals surface area (Å²) in [5.74, 6) is -0.310. The van der Waals surface area contributed by atoms with E-state index in [4.69, 9.17) is 4.74 Å². The normalized spacial score (nSPS) is 18.0. The monoisotopic (exact) mass is 319 g/mol. The fraction of sp³-hybridized carbons (Fsp3) is 0.444. The van der Waals surface area contributed by atoms with Gasteiger partial charge in [-0.25, -0.2) is 9.18 Å². The lowest BCUT2D eigenvalue weighted by atomic mass is 10.0. The maximum Gasteiger partial charge on any atom is 0.410 e. The van der Waals surface area contributed by atoms with Gasteiger partial charge in [0.2, 0.25) is 0 Å². The third-order valence-corrected chi connectivity index (χ3v) is 3.41. The summed E-state index contributed by atoms with van der Waals surface area (Å²) in [4.78, 5) is 26.0. The highest BCUT2D eigenvalue weighted by Crippen LogP contribution is 2.19. The largest absolute Gasteiger partial charge is 0.444 e. The van der Waals surface area contributed by atoms with Crippen LogP contribution in [0, 0.1) is 5.82 Å². The molecule has 1 aromatic rings.